The summed E-state index contributed by atoms with van der Waals surface area (Å²) in [5.74, 6) is 0.839. The molecule has 1 atom stereocenters. The van der Waals surface area contributed by atoms with E-state index in [0.717, 1.165) is 5.76 Å². The number of rotatable bonds is 5. The highest BCUT2D eigenvalue weighted by atomic mass is 16.5. The van der Waals surface area contributed by atoms with Gasteiger partial charge in [-0.15, -0.1) is 0 Å². The molecule has 0 aliphatic carbocycles. The Bertz CT molecular complexity index is 581. The second kappa shape index (κ2) is 6.10. The lowest BCUT2D eigenvalue weighted by molar-refractivity contribution is 0.0594. The van der Waals surface area contributed by atoms with Crippen molar-refractivity contribution in [1.29, 1.82) is 0 Å². The lowest BCUT2D eigenvalue weighted by Gasteiger charge is -2.15. The highest BCUT2D eigenvalue weighted by molar-refractivity contribution is 5.88. The summed E-state index contributed by atoms with van der Waals surface area (Å²) in [7, 11) is 1.31. The van der Waals surface area contributed by atoms with Crippen LogP contribution in [0.2, 0.25) is 0 Å². The highest BCUT2D eigenvalue weighted by Crippen LogP contribution is 2.18. The van der Waals surface area contributed by atoms with E-state index < -0.39 is 5.97 Å². The van der Waals surface area contributed by atoms with Crippen molar-refractivity contribution in [1.82, 2.24) is 4.98 Å². The number of esters is 1. The number of nitrogens with one attached hydrogen (secondary N) is 1. The molecule has 0 aliphatic rings. The summed E-state index contributed by atoms with van der Waals surface area (Å²) in [4.78, 5) is 15.6. The van der Waals surface area contributed by atoms with Gasteiger partial charge in [-0.3, -0.25) is 0 Å². The molecule has 2 aromatic heterocycles. The largest absolute Gasteiger partial charge is 0.469 e. The van der Waals surface area contributed by atoms with Crippen LogP contribution < -0.4 is 11.1 Å². The molecule has 0 bridgehead atoms. The van der Waals surface area contributed by atoms with E-state index in [4.69, 9.17) is 10.2 Å². The second-order valence-electron chi connectivity index (χ2n) is 4.45. The number of anilines is 2. The summed E-state index contributed by atoms with van der Waals surface area (Å²) in [5, 5.41) is 3.16. The van der Waals surface area contributed by atoms with Gasteiger partial charge in [0.25, 0.3) is 0 Å². The molecule has 106 valence electrons. The molecule has 6 heteroatoms. The Hall–Kier alpha value is -2.50. The van der Waals surface area contributed by atoms with Gasteiger partial charge in [0, 0.05) is 12.5 Å². The average Bonchev–Trinajstić information content (AvgIpc) is 2.93. The minimum absolute atomic E-state index is 0.0591. The van der Waals surface area contributed by atoms with Gasteiger partial charge in [-0.25, -0.2) is 9.78 Å². The standard InChI is InChI=1S/C14H17N3O3/c1-9(8-10-4-3-7-20-10)16-13-11(15)5-6-12(17-13)14(18)19-2/h3-7,9H,8,15H2,1-2H3,(H,16,17). The number of pyridine rings is 1. The third kappa shape index (κ3) is 3.28. The van der Waals surface area contributed by atoms with Crippen molar-refractivity contribution in [2.75, 3.05) is 18.2 Å². The van der Waals surface area contributed by atoms with Crippen LogP contribution in [0.15, 0.2) is 34.9 Å². The Kier molecular flexibility index (Phi) is 4.24. The summed E-state index contributed by atoms with van der Waals surface area (Å²) < 4.78 is 9.92. The highest BCUT2D eigenvalue weighted by Gasteiger charge is 2.13. The fraction of sp³-hybridized carbons (Fsp3) is 0.286. The maximum absolute atomic E-state index is 11.5. The molecule has 0 fully saturated rings. The van der Waals surface area contributed by atoms with Crippen LogP contribution in [0.3, 0.4) is 0 Å². The molecule has 1 unspecified atom stereocenters. The number of ether oxygens (including phenoxy) is 1. The van der Waals surface area contributed by atoms with Crippen molar-refractivity contribution in [3.05, 3.63) is 42.0 Å². The van der Waals surface area contributed by atoms with E-state index in [1.807, 2.05) is 19.1 Å². The van der Waals surface area contributed by atoms with Gasteiger partial charge in [0.05, 0.1) is 19.1 Å². The Morgan fingerprint density at radius 2 is 2.30 bits per heavy atom. The van der Waals surface area contributed by atoms with Gasteiger partial charge in [-0.1, -0.05) is 0 Å². The molecular formula is C14H17N3O3. The number of nitrogen functional groups attached to an aromatic ring is 1. The molecule has 0 aromatic carbocycles. The van der Waals surface area contributed by atoms with E-state index in [9.17, 15) is 4.79 Å². The fourth-order valence-electron chi connectivity index (χ4n) is 1.82. The maximum atomic E-state index is 11.5. The Morgan fingerprint density at radius 1 is 1.50 bits per heavy atom. The average molecular weight is 275 g/mol. The molecule has 20 heavy (non-hydrogen) atoms. The number of nitrogens with zero attached hydrogens (tertiary/aromatic N) is 1. The summed E-state index contributed by atoms with van der Waals surface area (Å²) in [5.41, 5.74) is 6.55. The Morgan fingerprint density at radius 3 is 2.95 bits per heavy atom. The Balaban J connectivity index is 2.09. The van der Waals surface area contributed by atoms with Gasteiger partial charge in [-0.05, 0) is 31.2 Å². The van der Waals surface area contributed by atoms with Crippen molar-refractivity contribution >= 4 is 17.5 Å². The number of methoxy groups -OCH3 is 1. The zero-order valence-electron chi connectivity index (χ0n) is 11.4. The monoisotopic (exact) mass is 275 g/mol. The van der Waals surface area contributed by atoms with Crippen LogP contribution in [0.1, 0.15) is 23.2 Å². The molecule has 6 nitrogen and oxygen atoms in total. The molecule has 0 spiro atoms. The van der Waals surface area contributed by atoms with Crippen molar-refractivity contribution in [2.24, 2.45) is 0 Å². The topological polar surface area (TPSA) is 90.4 Å². The predicted molar refractivity (Wildman–Crippen MR) is 75.5 cm³/mol. The third-order valence-electron chi connectivity index (χ3n) is 2.79. The van der Waals surface area contributed by atoms with Crippen molar-refractivity contribution in [2.45, 2.75) is 19.4 Å². The molecule has 2 heterocycles. The summed E-state index contributed by atoms with van der Waals surface area (Å²) in [6.45, 7) is 1.98. The number of hydrogen-bond acceptors (Lipinski definition) is 6. The minimum Gasteiger partial charge on any atom is -0.469 e. The van der Waals surface area contributed by atoms with Crippen LogP contribution in [0.25, 0.3) is 0 Å². The molecule has 0 saturated heterocycles. The van der Waals surface area contributed by atoms with Gasteiger partial charge in [0.1, 0.15) is 11.6 Å². The maximum Gasteiger partial charge on any atom is 0.356 e. The van der Waals surface area contributed by atoms with E-state index in [2.05, 4.69) is 15.0 Å². The molecule has 0 radical (unpaired) electrons. The SMILES string of the molecule is COC(=O)c1ccc(N)c(NC(C)Cc2ccco2)n1. The van der Waals surface area contributed by atoms with E-state index in [0.29, 0.717) is 17.9 Å². The summed E-state index contributed by atoms with van der Waals surface area (Å²) in [6.07, 6.45) is 2.32. The molecular weight excluding hydrogens is 258 g/mol. The van der Waals surface area contributed by atoms with Gasteiger partial charge < -0.3 is 20.2 Å². The number of carbonyl (C=O) groups is 1. The Labute approximate surface area is 116 Å². The van der Waals surface area contributed by atoms with Gasteiger partial charge in [-0.2, -0.15) is 0 Å². The molecule has 2 rings (SSSR count). The first kappa shape index (κ1) is 13.9. The van der Waals surface area contributed by atoms with E-state index in [-0.39, 0.29) is 11.7 Å². The van der Waals surface area contributed by atoms with Crippen LogP contribution in [0, 0.1) is 0 Å². The van der Waals surface area contributed by atoms with E-state index in [1.165, 1.54) is 13.2 Å². The lowest BCUT2D eigenvalue weighted by Crippen LogP contribution is -2.20. The number of nitrogens with two attached hydrogens (primary N) is 1. The van der Waals surface area contributed by atoms with Crippen LogP contribution in [0.5, 0.6) is 0 Å². The third-order valence-corrected chi connectivity index (χ3v) is 2.79. The number of aromatic nitrogens is 1. The molecule has 0 saturated carbocycles. The smallest absolute Gasteiger partial charge is 0.356 e. The van der Waals surface area contributed by atoms with Gasteiger partial charge >= 0.3 is 5.97 Å². The first-order valence-corrected chi connectivity index (χ1v) is 6.24. The number of furan rings is 1. The summed E-state index contributed by atoms with van der Waals surface area (Å²) >= 11 is 0. The van der Waals surface area contributed by atoms with E-state index in [1.54, 1.807) is 12.3 Å². The van der Waals surface area contributed by atoms with Gasteiger partial charge in [0.15, 0.2) is 5.69 Å². The minimum atomic E-state index is -0.494. The number of hydrogen-bond donors (Lipinski definition) is 2. The van der Waals surface area contributed by atoms with Crippen LogP contribution >= 0.6 is 0 Å². The second-order valence-corrected chi connectivity index (χ2v) is 4.45. The zero-order chi connectivity index (χ0) is 14.5. The van der Waals surface area contributed by atoms with Crippen LogP contribution in [0.4, 0.5) is 11.5 Å². The van der Waals surface area contributed by atoms with Crippen LogP contribution in [-0.4, -0.2) is 24.1 Å². The van der Waals surface area contributed by atoms with Crippen molar-refractivity contribution in [3.63, 3.8) is 0 Å². The zero-order valence-corrected chi connectivity index (χ0v) is 11.4. The number of carbonyl (C=O) groups excluding carboxylic acids is 1. The predicted octanol–water partition coefficient (Wildman–Crippen LogP) is 2.09. The normalized spacial score (nSPS) is 11.9. The lowest BCUT2D eigenvalue weighted by atomic mass is 10.2. The fourth-order valence-corrected chi connectivity index (χ4v) is 1.82. The quantitative estimate of drug-likeness (QED) is 0.812. The van der Waals surface area contributed by atoms with Crippen LogP contribution in [-0.2, 0) is 11.2 Å². The van der Waals surface area contributed by atoms with E-state index >= 15 is 0 Å². The van der Waals surface area contributed by atoms with Crippen molar-refractivity contribution in [3.8, 4) is 0 Å². The molecule has 0 aliphatic heterocycles. The molecule has 2 aromatic rings. The first-order chi connectivity index (χ1) is 9.60. The first-order valence-electron chi connectivity index (χ1n) is 6.24. The summed E-state index contributed by atoms with van der Waals surface area (Å²) in [6, 6.07) is 6.96. The van der Waals surface area contributed by atoms with Crippen molar-refractivity contribution < 1.29 is 13.9 Å². The molecule has 3 N–H and O–H groups in total. The van der Waals surface area contributed by atoms with Gasteiger partial charge in [0.2, 0.25) is 0 Å². The molecule has 0 amide bonds.